The Morgan fingerprint density at radius 3 is 2.80 bits per heavy atom. The molecule has 1 N–H and O–H groups in total. The molecule has 1 aromatic heterocycles. The molecule has 0 unspecified atom stereocenters. The van der Waals surface area contributed by atoms with Crippen LogP contribution in [0.15, 0.2) is 48.5 Å². The number of amides is 3. The van der Waals surface area contributed by atoms with E-state index in [9.17, 15) is 14.4 Å². The maximum absolute atomic E-state index is 13.0. The van der Waals surface area contributed by atoms with Crippen LogP contribution < -0.4 is 10.1 Å². The Labute approximate surface area is 232 Å². The Balaban J connectivity index is 0.965. The van der Waals surface area contributed by atoms with Crippen molar-refractivity contribution in [3.8, 4) is 5.75 Å². The number of aromatic nitrogens is 1. The Morgan fingerprint density at radius 2 is 1.95 bits per heavy atom. The summed E-state index contributed by atoms with van der Waals surface area (Å²) in [5, 5.41) is 3.51. The van der Waals surface area contributed by atoms with Crippen molar-refractivity contribution in [3.05, 3.63) is 70.9 Å². The average Bonchev–Trinajstić information content (AvgIpc) is 3.70. The fourth-order valence-corrected chi connectivity index (χ4v) is 6.40. The van der Waals surface area contributed by atoms with Crippen LogP contribution in [0.1, 0.15) is 58.8 Å². The number of pyridine rings is 1. The lowest BCUT2D eigenvalue weighted by atomic mass is 10.0. The molecule has 3 saturated heterocycles. The molecule has 0 saturated carbocycles. The number of nitrogens with one attached hydrogen (secondary N) is 1. The minimum atomic E-state index is -0.611. The summed E-state index contributed by atoms with van der Waals surface area (Å²) in [6.07, 6.45) is 2.64. The van der Waals surface area contributed by atoms with Gasteiger partial charge in [0.25, 0.3) is 5.91 Å². The second-order valence-corrected chi connectivity index (χ2v) is 11.3. The van der Waals surface area contributed by atoms with Crippen LogP contribution in [-0.4, -0.2) is 71.0 Å². The topological polar surface area (TPSA) is 101 Å². The normalized spacial score (nSPS) is 25.1. The average molecular weight is 541 g/mol. The van der Waals surface area contributed by atoms with E-state index in [4.69, 9.17) is 14.5 Å². The Kier molecular flexibility index (Phi) is 6.48. The molecule has 206 valence electrons. The maximum atomic E-state index is 13.0. The van der Waals surface area contributed by atoms with E-state index in [0.29, 0.717) is 24.4 Å². The summed E-state index contributed by atoms with van der Waals surface area (Å²) in [6, 6.07) is 15.8. The Bertz CT molecular complexity index is 1500. The number of fused-ring (bicyclic) bond motifs is 2. The van der Waals surface area contributed by atoms with Gasteiger partial charge in [-0.2, -0.15) is 0 Å². The highest BCUT2D eigenvalue weighted by atomic mass is 16.5. The van der Waals surface area contributed by atoms with Crippen LogP contribution >= 0.6 is 0 Å². The standard InChI is InChI=1S/C31H32N4O5/c36-29-8-7-28(30(37)33-29)35-16-22-14-23(3-4-25(22)31(35)38)40-24-9-11-34(17-24)15-19-1-5-26-20(13-19)2-6-27(32-26)21-10-12-39-18-21/h1-6,13-14,21,24,28H,7-12,15-18H2,(H,33,36,37)/t21-,24+,28+/m1/s1. The molecule has 3 fully saturated rings. The molecule has 40 heavy (non-hydrogen) atoms. The maximum Gasteiger partial charge on any atom is 0.255 e. The molecular weight excluding hydrogens is 508 g/mol. The fourth-order valence-electron chi connectivity index (χ4n) is 6.40. The number of carbonyl (C=O) groups excluding carboxylic acids is 3. The van der Waals surface area contributed by atoms with Crippen LogP contribution in [0, 0.1) is 0 Å². The van der Waals surface area contributed by atoms with Crippen LogP contribution in [0.4, 0.5) is 0 Å². The molecule has 0 spiro atoms. The largest absolute Gasteiger partial charge is 0.489 e. The van der Waals surface area contributed by atoms with E-state index in [0.717, 1.165) is 73.6 Å². The van der Waals surface area contributed by atoms with Gasteiger partial charge in [-0.05, 0) is 66.8 Å². The van der Waals surface area contributed by atoms with Crippen molar-refractivity contribution in [1.29, 1.82) is 0 Å². The lowest BCUT2D eigenvalue weighted by molar-refractivity contribution is -0.136. The summed E-state index contributed by atoms with van der Waals surface area (Å²) in [4.78, 5) is 45.6. The zero-order valence-electron chi connectivity index (χ0n) is 22.3. The predicted octanol–water partition coefficient (Wildman–Crippen LogP) is 3.15. The summed E-state index contributed by atoms with van der Waals surface area (Å²) in [6.45, 7) is 4.57. The van der Waals surface area contributed by atoms with Crippen molar-refractivity contribution in [2.24, 2.45) is 0 Å². The molecule has 7 rings (SSSR count). The molecule has 0 radical (unpaired) electrons. The number of imide groups is 1. The highest BCUT2D eigenvalue weighted by Gasteiger charge is 2.39. The Morgan fingerprint density at radius 1 is 1.02 bits per heavy atom. The number of rotatable bonds is 6. The molecule has 5 heterocycles. The van der Waals surface area contributed by atoms with Gasteiger partial charge in [-0.25, -0.2) is 0 Å². The molecule has 9 heteroatoms. The van der Waals surface area contributed by atoms with Crippen molar-refractivity contribution in [2.45, 2.75) is 56.8 Å². The molecule has 3 aromatic rings. The summed E-state index contributed by atoms with van der Waals surface area (Å²) < 4.78 is 11.9. The van der Waals surface area contributed by atoms with Gasteiger partial charge in [0, 0.05) is 61.8 Å². The van der Waals surface area contributed by atoms with Gasteiger partial charge in [0.1, 0.15) is 17.9 Å². The van der Waals surface area contributed by atoms with Crippen LogP contribution in [0.3, 0.4) is 0 Å². The summed E-state index contributed by atoms with van der Waals surface area (Å²) in [7, 11) is 0. The van der Waals surface area contributed by atoms with Gasteiger partial charge in [0.2, 0.25) is 11.8 Å². The van der Waals surface area contributed by atoms with Crippen LogP contribution in [0.5, 0.6) is 5.75 Å². The third-order valence-electron chi connectivity index (χ3n) is 8.56. The van der Waals surface area contributed by atoms with Gasteiger partial charge in [-0.1, -0.05) is 12.1 Å². The number of piperidine rings is 1. The summed E-state index contributed by atoms with van der Waals surface area (Å²) >= 11 is 0. The number of benzene rings is 2. The zero-order valence-corrected chi connectivity index (χ0v) is 22.3. The molecule has 9 nitrogen and oxygen atoms in total. The highest BCUT2D eigenvalue weighted by Crippen LogP contribution is 2.31. The number of likely N-dealkylation sites (tertiary alicyclic amines) is 1. The lowest BCUT2D eigenvalue weighted by Crippen LogP contribution is -2.52. The van der Waals surface area contributed by atoms with Crippen molar-refractivity contribution in [2.75, 3.05) is 26.3 Å². The number of ether oxygens (including phenoxy) is 2. The molecule has 4 aliphatic heterocycles. The smallest absolute Gasteiger partial charge is 0.255 e. The first-order chi connectivity index (χ1) is 19.5. The predicted molar refractivity (Wildman–Crippen MR) is 147 cm³/mol. The van der Waals surface area contributed by atoms with Crippen molar-refractivity contribution in [3.63, 3.8) is 0 Å². The van der Waals surface area contributed by atoms with Crippen molar-refractivity contribution >= 4 is 28.6 Å². The molecule has 3 amide bonds. The summed E-state index contributed by atoms with van der Waals surface area (Å²) in [5.41, 5.74) is 4.87. The van der Waals surface area contributed by atoms with E-state index < -0.39 is 11.9 Å². The van der Waals surface area contributed by atoms with E-state index in [1.807, 2.05) is 12.1 Å². The number of hydrogen-bond acceptors (Lipinski definition) is 7. The van der Waals surface area contributed by atoms with E-state index in [2.05, 4.69) is 40.5 Å². The molecule has 2 aromatic carbocycles. The molecule has 0 aliphatic carbocycles. The first kappa shape index (κ1) is 25.2. The van der Waals surface area contributed by atoms with Crippen LogP contribution in [0.2, 0.25) is 0 Å². The van der Waals surface area contributed by atoms with Gasteiger partial charge >= 0.3 is 0 Å². The van der Waals surface area contributed by atoms with Gasteiger partial charge in [-0.15, -0.1) is 0 Å². The first-order valence-electron chi connectivity index (χ1n) is 14.1. The molecular formula is C31H32N4O5. The van der Waals surface area contributed by atoms with Gasteiger partial charge in [0.05, 0.1) is 12.1 Å². The second-order valence-electron chi connectivity index (χ2n) is 11.3. The van der Waals surface area contributed by atoms with Gasteiger partial charge in [0.15, 0.2) is 0 Å². The molecule has 4 aliphatic rings. The minimum Gasteiger partial charge on any atom is -0.489 e. The number of hydrogen-bond donors (Lipinski definition) is 1. The van der Waals surface area contributed by atoms with Gasteiger partial charge in [-0.3, -0.25) is 29.6 Å². The third-order valence-corrected chi connectivity index (χ3v) is 8.56. The van der Waals surface area contributed by atoms with Crippen molar-refractivity contribution < 1.29 is 23.9 Å². The summed E-state index contributed by atoms with van der Waals surface area (Å²) in [5.74, 6) is 0.294. The quantitative estimate of drug-likeness (QED) is 0.480. The second kappa shape index (κ2) is 10.3. The third kappa shape index (κ3) is 4.84. The van der Waals surface area contributed by atoms with E-state index >= 15 is 0 Å². The SMILES string of the molecule is O=C1CC[C@H](N2Cc3cc(O[C@H]4CCN(Cc5ccc6nc([C@@H]7CCOC7)ccc6c5)C4)ccc3C2=O)C(=O)N1. The van der Waals surface area contributed by atoms with E-state index in [-0.39, 0.29) is 24.3 Å². The molecule has 3 atom stereocenters. The van der Waals surface area contributed by atoms with E-state index in [1.165, 1.54) is 5.56 Å². The number of carbonyl (C=O) groups is 3. The highest BCUT2D eigenvalue weighted by molar-refractivity contribution is 6.05. The van der Waals surface area contributed by atoms with Gasteiger partial charge < -0.3 is 14.4 Å². The van der Waals surface area contributed by atoms with Crippen LogP contribution in [0.25, 0.3) is 10.9 Å². The monoisotopic (exact) mass is 540 g/mol. The number of nitrogens with zero attached hydrogens (tertiary/aromatic N) is 3. The fraction of sp³-hybridized carbons (Fsp3) is 0.419. The molecule has 0 bridgehead atoms. The minimum absolute atomic E-state index is 0.0692. The van der Waals surface area contributed by atoms with E-state index in [1.54, 1.807) is 11.0 Å². The van der Waals surface area contributed by atoms with Crippen molar-refractivity contribution in [1.82, 2.24) is 20.1 Å². The zero-order chi connectivity index (χ0) is 27.2. The lowest BCUT2D eigenvalue weighted by Gasteiger charge is -2.29. The first-order valence-corrected chi connectivity index (χ1v) is 14.1. The Hall–Kier alpha value is -3.82. The van der Waals surface area contributed by atoms with Crippen LogP contribution in [-0.2, 0) is 27.4 Å².